The molecule has 1 aliphatic rings. The molecule has 82 valence electrons. The largest absolute Gasteiger partial charge is 0.394 e. The lowest BCUT2D eigenvalue weighted by Gasteiger charge is -2.27. The molecule has 4 N–H and O–H groups in total. The van der Waals surface area contributed by atoms with E-state index >= 15 is 0 Å². The number of nitrogens with two attached hydrogens (primary N) is 1. The van der Waals surface area contributed by atoms with E-state index in [9.17, 15) is 0 Å². The number of hydrogen-bond acceptors (Lipinski definition) is 3. The summed E-state index contributed by atoms with van der Waals surface area (Å²) < 4.78 is 31.6. The van der Waals surface area contributed by atoms with E-state index in [2.05, 4.69) is 5.92 Å². The van der Waals surface area contributed by atoms with Crippen molar-refractivity contribution in [1.82, 2.24) is 0 Å². The molecule has 0 aromatic carbocycles. The summed E-state index contributed by atoms with van der Waals surface area (Å²) in [7, 11) is -4.67. The average Bonchev–Trinajstić information content (AvgIpc) is 2.03. The smallest absolute Gasteiger partial charge is 0.315 e. The van der Waals surface area contributed by atoms with E-state index in [4.69, 9.17) is 29.7 Å². The predicted molar refractivity (Wildman–Crippen MR) is 53.0 cm³/mol. The molecule has 0 aromatic heterocycles. The minimum absolute atomic E-state index is 0.252. The van der Waals surface area contributed by atoms with Crippen molar-refractivity contribution < 1.29 is 17.5 Å². The standard InChI is InChI=1S/C8H13N.H2O4S/c1-2-8(9)6-4-3-5-7-8;1-5(2,3)4/h1H,3-7,9H2;(H2,1,2,3,4). The molecule has 14 heavy (non-hydrogen) atoms. The lowest BCUT2D eigenvalue weighted by Crippen LogP contribution is -2.39. The highest BCUT2D eigenvalue weighted by Crippen LogP contribution is 2.24. The van der Waals surface area contributed by atoms with Gasteiger partial charge in [-0.25, -0.2) is 0 Å². The maximum atomic E-state index is 8.74. The van der Waals surface area contributed by atoms with Gasteiger partial charge in [-0.05, 0) is 12.8 Å². The number of rotatable bonds is 0. The highest BCUT2D eigenvalue weighted by molar-refractivity contribution is 7.79. The van der Waals surface area contributed by atoms with Gasteiger partial charge in [0.25, 0.3) is 0 Å². The lowest BCUT2D eigenvalue weighted by atomic mass is 9.83. The van der Waals surface area contributed by atoms with E-state index in [1.165, 1.54) is 19.3 Å². The number of hydrogen-bond donors (Lipinski definition) is 3. The summed E-state index contributed by atoms with van der Waals surface area (Å²) in [6.07, 6.45) is 11.0. The molecule has 0 saturated heterocycles. The molecule has 0 unspecified atom stereocenters. The van der Waals surface area contributed by atoms with E-state index in [1.54, 1.807) is 0 Å². The van der Waals surface area contributed by atoms with Crippen molar-refractivity contribution in [2.45, 2.75) is 37.6 Å². The molecular weight excluding hydrogens is 206 g/mol. The lowest BCUT2D eigenvalue weighted by molar-refractivity contribution is 0.371. The average molecular weight is 221 g/mol. The molecule has 0 bridgehead atoms. The molecule has 0 atom stereocenters. The van der Waals surface area contributed by atoms with Gasteiger partial charge in [-0.1, -0.05) is 25.2 Å². The van der Waals surface area contributed by atoms with Crippen molar-refractivity contribution in [3.63, 3.8) is 0 Å². The minimum Gasteiger partial charge on any atom is -0.315 e. The Balaban J connectivity index is 0.000000292. The van der Waals surface area contributed by atoms with Crippen molar-refractivity contribution in [3.05, 3.63) is 0 Å². The van der Waals surface area contributed by atoms with Gasteiger partial charge in [-0.15, -0.1) is 6.42 Å². The first-order valence-electron chi connectivity index (χ1n) is 4.23. The molecular formula is C8H15NO4S. The quantitative estimate of drug-likeness (QED) is 0.411. The Morgan fingerprint density at radius 2 is 1.57 bits per heavy atom. The van der Waals surface area contributed by atoms with E-state index in [-0.39, 0.29) is 5.54 Å². The van der Waals surface area contributed by atoms with Crippen LogP contribution >= 0.6 is 0 Å². The molecule has 1 saturated carbocycles. The molecule has 6 heteroatoms. The first-order chi connectivity index (χ1) is 6.27. The van der Waals surface area contributed by atoms with Gasteiger partial charge >= 0.3 is 10.4 Å². The van der Waals surface area contributed by atoms with Gasteiger partial charge in [0.2, 0.25) is 0 Å². The topological polar surface area (TPSA) is 101 Å². The van der Waals surface area contributed by atoms with Crippen molar-refractivity contribution in [2.24, 2.45) is 5.73 Å². The third kappa shape index (κ3) is 8.01. The fourth-order valence-electron chi connectivity index (χ4n) is 1.33. The highest BCUT2D eigenvalue weighted by atomic mass is 32.3. The molecule has 5 nitrogen and oxygen atoms in total. The van der Waals surface area contributed by atoms with Gasteiger partial charge in [-0.3, -0.25) is 9.11 Å². The molecule has 0 aromatic rings. The van der Waals surface area contributed by atoms with E-state index in [0.717, 1.165) is 12.8 Å². The second-order valence-corrected chi connectivity index (χ2v) is 4.20. The Morgan fingerprint density at radius 3 is 1.79 bits per heavy atom. The molecule has 0 heterocycles. The molecule has 0 spiro atoms. The van der Waals surface area contributed by atoms with Gasteiger partial charge in [-0.2, -0.15) is 8.42 Å². The monoisotopic (exact) mass is 221 g/mol. The Hall–Kier alpha value is -0.610. The Kier molecular flexibility index (Phi) is 5.08. The molecule has 1 fully saturated rings. The summed E-state index contributed by atoms with van der Waals surface area (Å²) in [5, 5.41) is 0. The summed E-state index contributed by atoms with van der Waals surface area (Å²) in [5.74, 6) is 2.66. The van der Waals surface area contributed by atoms with E-state index < -0.39 is 10.4 Å². The molecule has 1 rings (SSSR count). The summed E-state index contributed by atoms with van der Waals surface area (Å²) in [6, 6.07) is 0. The van der Waals surface area contributed by atoms with Crippen LogP contribution < -0.4 is 5.73 Å². The third-order valence-electron chi connectivity index (χ3n) is 2.03. The molecule has 1 aliphatic carbocycles. The van der Waals surface area contributed by atoms with Crippen molar-refractivity contribution >= 4 is 10.4 Å². The Morgan fingerprint density at radius 1 is 1.21 bits per heavy atom. The van der Waals surface area contributed by atoms with Crippen LogP contribution in [-0.2, 0) is 10.4 Å². The second-order valence-electron chi connectivity index (χ2n) is 3.31. The third-order valence-corrected chi connectivity index (χ3v) is 2.03. The van der Waals surface area contributed by atoms with E-state index in [1.807, 2.05) is 0 Å². The van der Waals surface area contributed by atoms with Gasteiger partial charge < -0.3 is 5.73 Å². The SMILES string of the molecule is C#CC1(N)CCCCC1.O=S(=O)(O)O. The predicted octanol–water partition coefficient (Wildman–Crippen LogP) is 0.628. The van der Waals surface area contributed by atoms with Gasteiger partial charge in [0.05, 0.1) is 5.54 Å². The normalized spacial score (nSPS) is 20.1. The maximum absolute atomic E-state index is 8.74. The van der Waals surface area contributed by atoms with Crippen LogP contribution in [0.3, 0.4) is 0 Å². The zero-order valence-corrected chi connectivity index (χ0v) is 8.63. The second kappa shape index (κ2) is 5.32. The van der Waals surface area contributed by atoms with Gasteiger partial charge in [0.1, 0.15) is 0 Å². The van der Waals surface area contributed by atoms with Crippen LogP contribution in [0.2, 0.25) is 0 Å². The van der Waals surface area contributed by atoms with Crippen LogP contribution in [0, 0.1) is 12.3 Å². The summed E-state index contributed by atoms with van der Waals surface area (Å²) in [4.78, 5) is 0. The van der Waals surface area contributed by atoms with Crippen LogP contribution in [0.5, 0.6) is 0 Å². The molecule has 0 radical (unpaired) electrons. The van der Waals surface area contributed by atoms with Crippen molar-refractivity contribution in [2.75, 3.05) is 0 Å². The fourth-order valence-corrected chi connectivity index (χ4v) is 1.33. The first kappa shape index (κ1) is 13.4. The maximum Gasteiger partial charge on any atom is 0.394 e. The summed E-state index contributed by atoms with van der Waals surface area (Å²) in [6.45, 7) is 0. The van der Waals surface area contributed by atoms with Crippen LogP contribution in [0.25, 0.3) is 0 Å². The van der Waals surface area contributed by atoms with Crippen molar-refractivity contribution in [1.29, 1.82) is 0 Å². The van der Waals surface area contributed by atoms with Crippen LogP contribution in [-0.4, -0.2) is 23.1 Å². The number of terminal acetylenes is 1. The summed E-state index contributed by atoms with van der Waals surface area (Å²) in [5.41, 5.74) is 5.57. The van der Waals surface area contributed by atoms with Gasteiger partial charge in [0, 0.05) is 0 Å². The van der Waals surface area contributed by atoms with Crippen LogP contribution in [0.1, 0.15) is 32.1 Å². The van der Waals surface area contributed by atoms with Gasteiger partial charge in [0.15, 0.2) is 0 Å². The Labute approximate surface area is 84.3 Å². The molecule has 0 aliphatic heterocycles. The molecule has 0 amide bonds. The summed E-state index contributed by atoms with van der Waals surface area (Å²) >= 11 is 0. The zero-order valence-electron chi connectivity index (χ0n) is 7.81. The first-order valence-corrected chi connectivity index (χ1v) is 5.63. The zero-order chi connectivity index (χ0) is 11.2. The highest BCUT2D eigenvalue weighted by Gasteiger charge is 2.23. The van der Waals surface area contributed by atoms with Crippen LogP contribution in [0.15, 0.2) is 0 Å². The van der Waals surface area contributed by atoms with E-state index in [0.29, 0.717) is 0 Å². The fraction of sp³-hybridized carbons (Fsp3) is 0.750. The minimum atomic E-state index is -4.67. The van der Waals surface area contributed by atoms with Crippen LogP contribution in [0.4, 0.5) is 0 Å². The Bertz CT molecular complexity index is 290. The van der Waals surface area contributed by atoms with Crippen molar-refractivity contribution in [3.8, 4) is 12.3 Å².